The average molecular weight is 489 g/mol. The lowest BCUT2D eigenvalue weighted by Gasteiger charge is -2.23. The van der Waals surface area contributed by atoms with E-state index in [1.807, 2.05) is 0 Å². The van der Waals surface area contributed by atoms with Crippen molar-refractivity contribution in [2.45, 2.75) is 156 Å². The van der Waals surface area contributed by atoms with Crippen molar-refractivity contribution in [1.29, 1.82) is 0 Å². The minimum Gasteiger partial charge on any atom is -0.0654 e. The summed E-state index contributed by atoms with van der Waals surface area (Å²) < 4.78 is 0. The van der Waals surface area contributed by atoms with Crippen molar-refractivity contribution in [3.63, 3.8) is 0 Å². The van der Waals surface area contributed by atoms with Crippen LogP contribution in [0.2, 0.25) is 0 Å². The molecule has 0 unspecified atom stereocenters. The molecule has 0 aliphatic heterocycles. The standard InChI is InChI=1S/C36H56/c1-9-11-13-15-17-19-21-29-23-31(27-33(25-29)35(3,4)5)32-24-30(22-20-18-16-14-12-10-2)26-34(28-32)36(6,7)8/h23-26H,9-22H2,1-8H3. The lowest BCUT2D eigenvalue weighted by molar-refractivity contribution is 0.584. The van der Waals surface area contributed by atoms with Gasteiger partial charge in [-0.25, -0.2) is 0 Å². The molecule has 0 aliphatic carbocycles. The van der Waals surface area contributed by atoms with Gasteiger partial charge in [-0.05, 0) is 82.0 Å². The van der Waals surface area contributed by atoms with Crippen LogP contribution >= 0.6 is 0 Å². The number of benzene rings is 2. The summed E-state index contributed by atoms with van der Waals surface area (Å²) in [6, 6.07) is 17.3. The van der Waals surface area contributed by atoms with Gasteiger partial charge in [0.15, 0.2) is 0 Å². The summed E-state index contributed by atoms with van der Waals surface area (Å²) in [5.74, 6) is 0. The second-order valence-electron chi connectivity index (χ2n) is 13.2. The zero-order chi connectivity index (χ0) is 26.6. The fraction of sp³-hybridized carbons (Fsp3) is 0.667. The maximum Gasteiger partial charge on any atom is -0.00583 e. The Morgan fingerprint density at radius 2 is 0.806 bits per heavy atom. The monoisotopic (exact) mass is 488 g/mol. The first-order chi connectivity index (χ1) is 17.0. The SMILES string of the molecule is CCCCCCCCc1cc(-c2[c]c(C(C)(C)C)cc(CCCCCCCC)c2)[c]c(C(C)(C)C)c1. The smallest absolute Gasteiger partial charge is 0.00583 e. The molecular formula is C36H56. The Kier molecular flexibility index (Phi) is 12.8. The summed E-state index contributed by atoms with van der Waals surface area (Å²) in [5, 5.41) is 0. The normalized spacial score (nSPS) is 12.3. The number of hydrogen-bond donors (Lipinski definition) is 0. The quantitative estimate of drug-likeness (QED) is 0.219. The lowest BCUT2D eigenvalue weighted by Crippen LogP contribution is -2.13. The van der Waals surface area contributed by atoms with Crippen molar-refractivity contribution < 1.29 is 0 Å². The van der Waals surface area contributed by atoms with Crippen molar-refractivity contribution in [3.05, 3.63) is 58.7 Å². The molecule has 0 aliphatic rings. The number of unbranched alkanes of at least 4 members (excludes halogenated alkanes) is 10. The molecule has 0 aromatic heterocycles. The lowest BCUT2D eigenvalue weighted by atomic mass is 9.81. The van der Waals surface area contributed by atoms with Crippen LogP contribution in [0.3, 0.4) is 0 Å². The fourth-order valence-corrected chi connectivity index (χ4v) is 4.87. The Labute approximate surface area is 225 Å². The maximum atomic E-state index is 3.82. The van der Waals surface area contributed by atoms with Gasteiger partial charge in [0.25, 0.3) is 0 Å². The summed E-state index contributed by atoms with van der Waals surface area (Å²) in [5.41, 5.74) is 8.25. The van der Waals surface area contributed by atoms with Crippen LogP contribution in [0, 0.1) is 12.1 Å². The summed E-state index contributed by atoms with van der Waals surface area (Å²) in [7, 11) is 0. The largest absolute Gasteiger partial charge is 0.0654 e. The molecule has 2 aromatic rings. The van der Waals surface area contributed by atoms with Crippen LogP contribution in [-0.4, -0.2) is 0 Å². The van der Waals surface area contributed by atoms with Crippen molar-refractivity contribution in [3.8, 4) is 11.1 Å². The second-order valence-corrected chi connectivity index (χ2v) is 13.2. The van der Waals surface area contributed by atoms with Crippen molar-refractivity contribution >= 4 is 0 Å². The highest BCUT2D eigenvalue weighted by Gasteiger charge is 2.19. The van der Waals surface area contributed by atoms with Crippen LogP contribution in [0.1, 0.15) is 155 Å². The summed E-state index contributed by atoms with van der Waals surface area (Å²) >= 11 is 0. The van der Waals surface area contributed by atoms with Gasteiger partial charge in [-0.3, -0.25) is 0 Å². The molecule has 0 bridgehead atoms. The zero-order valence-corrected chi connectivity index (χ0v) is 25.2. The predicted molar refractivity (Wildman–Crippen MR) is 161 cm³/mol. The minimum atomic E-state index is 0.0921. The Balaban J connectivity index is 2.30. The molecule has 0 atom stereocenters. The molecule has 0 saturated carbocycles. The Bertz CT molecular complexity index is 812. The maximum absolute atomic E-state index is 3.82. The third kappa shape index (κ3) is 10.8. The van der Waals surface area contributed by atoms with Crippen molar-refractivity contribution in [1.82, 2.24) is 0 Å². The molecule has 200 valence electrons. The molecule has 0 amide bonds. The van der Waals surface area contributed by atoms with Gasteiger partial charge < -0.3 is 0 Å². The Hall–Kier alpha value is -1.56. The van der Waals surface area contributed by atoms with Gasteiger partial charge in [-0.2, -0.15) is 0 Å². The molecule has 2 aromatic carbocycles. The first-order valence-corrected chi connectivity index (χ1v) is 15.2. The van der Waals surface area contributed by atoms with E-state index in [9.17, 15) is 0 Å². The van der Waals surface area contributed by atoms with E-state index in [4.69, 9.17) is 0 Å². The minimum absolute atomic E-state index is 0.0921. The van der Waals surface area contributed by atoms with Gasteiger partial charge in [0.1, 0.15) is 0 Å². The van der Waals surface area contributed by atoms with Crippen LogP contribution in [0.25, 0.3) is 11.1 Å². The van der Waals surface area contributed by atoms with E-state index in [0.29, 0.717) is 0 Å². The summed E-state index contributed by atoms with van der Waals surface area (Å²) in [6.07, 6.45) is 18.5. The van der Waals surface area contributed by atoms with E-state index in [1.54, 1.807) is 0 Å². The van der Waals surface area contributed by atoms with Crippen LogP contribution < -0.4 is 0 Å². The first-order valence-electron chi connectivity index (χ1n) is 15.2. The zero-order valence-electron chi connectivity index (χ0n) is 25.2. The van der Waals surface area contributed by atoms with E-state index >= 15 is 0 Å². The first kappa shape index (κ1) is 30.7. The highest BCUT2D eigenvalue weighted by molar-refractivity contribution is 5.66. The van der Waals surface area contributed by atoms with Gasteiger partial charge in [-0.15, -0.1) is 0 Å². The average Bonchev–Trinajstić information content (AvgIpc) is 2.82. The van der Waals surface area contributed by atoms with Gasteiger partial charge in [0.05, 0.1) is 0 Å². The third-order valence-electron chi connectivity index (χ3n) is 7.40. The second kappa shape index (κ2) is 15.0. The molecular weight excluding hydrogens is 432 g/mol. The van der Waals surface area contributed by atoms with Crippen molar-refractivity contribution in [2.75, 3.05) is 0 Å². The third-order valence-corrected chi connectivity index (χ3v) is 7.40. The van der Waals surface area contributed by atoms with Crippen LogP contribution in [0.4, 0.5) is 0 Å². The van der Waals surface area contributed by atoms with Gasteiger partial charge in [0.2, 0.25) is 0 Å². The van der Waals surface area contributed by atoms with E-state index in [-0.39, 0.29) is 10.8 Å². The molecule has 0 N–H and O–H groups in total. The molecule has 0 fully saturated rings. The number of hydrogen-bond acceptors (Lipinski definition) is 0. The molecule has 0 heteroatoms. The Morgan fingerprint density at radius 3 is 1.14 bits per heavy atom. The van der Waals surface area contributed by atoms with Crippen molar-refractivity contribution in [2.24, 2.45) is 0 Å². The van der Waals surface area contributed by atoms with E-state index in [1.165, 1.54) is 123 Å². The number of aryl methyl sites for hydroxylation is 2. The summed E-state index contributed by atoms with van der Waals surface area (Å²) in [6.45, 7) is 18.5. The van der Waals surface area contributed by atoms with Crippen LogP contribution in [0.15, 0.2) is 24.3 Å². The highest BCUT2D eigenvalue weighted by atomic mass is 14.2. The molecule has 0 heterocycles. The molecule has 0 saturated heterocycles. The van der Waals surface area contributed by atoms with Gasteiger partial charge >= 0.3 is 0 Å². The molecule has 36 heavy (non-hydrogen) atoms. The summed E-state index contributed by atoms with van der Waals surface area (Å²) in [4.78, 5) is 0. The van der Waals surface area contributed by atoms with Gasteiger partial charge in [-0.1, -0.05) is 144 Å². The molecule has 2 radical (unpaired) electrons. The Morgan fingerprint density at radius 1 is 0.472 bits per heavy atom. The van der Waals surface area contributed by atoms with E-state index < -0.39 is 0 Å². The molecule has 0 nitrogen and oxygen atoms in total. The predicted octanol–water partition coefficient (Wildman–Crippen LogP) is 11.4. The topological polar surface area (TPSA) is 0 Å². The van der Waals surface area contributed by atoms with Crippen LogP contribution in [0.5, 0.6) is 0 Å². The van der Waals surface area contributed by atoms with E-state index in [0.717, 1.165) is 0 Å². The molecule has 0 spiro atoms. The van der Waals surface area contributed by atoms with E-state index in [2.05, 4.69) is 91.8 Å². The van der Waals surface area contributed by atoms with Gasteiger partial charge in [0, 0.05) is 0 Å². The fourth-order valence-electron chi connectivity index (χ4n) is 4.87. The highest BCUT2D eigenvalue weighted by Crippen LogP contribution is 2.33. The number of rotatable bonds is 15. The van der Waals surface area contributed by atoms with Crippen LogP contribution in [-0.2, 0) is 23.7 Å². The molecule has 2 rings (SSSR count).